The maximum Gasteiger partial charge on any atom is 0.191 e. The molecule has 23 heavy (non-hydrogen) atoms. The van der Waals surface area contributed by atoms with Crippen molar-refractivity contribution in [3.05, 3.63) is 30.3 Å². The number of hydrogen-bond acceptors (Lipinski definition) is 3. The standard InChI is InChI=1S/C16H25N3O2S.HI/c17-16(19-12-6-1-2-7-13-19)18-11-8-14-22(20,21)15-9-4-3-5-10-15;/h3-5,9-10H,1-2,6-8,11-14H2,(H2,17,18);1H. The summed E-state index contributed by atoms with van der Waals surface area (Å²) in [5, 5.41) is 0. The molecule has 0 unspecified atom stereocenters. The molecule has 1 aromatic rings. The van der Waals surface area contributed by atoms with Gasteiger partial charge in [-0.2, -0.15) is 0 Å². The lowest BCUT2D eigenvalue weighted by Gasteiger charge is -2.21. The Labute approximate surface area is 156 Å². The maximum atomic E-state index is 12.1. The highest BCUT2D eigenvalue weighted by atomic mass is 127. The monoisotopic (exact) mass is 451 g/mol. The number of benzene rings is 1. The van der Waals surface area contributed by atoms with Gasteiger partial charge in [0.25, 0.3) is 0 Å². The van der Waals surface area contributed by atoms with Crippen molar-refractivity contribution < 1.29 is 8.42 Å². The highest BCUT2D eigenvalue weighted by Gasteiger charge is 2.14. The second-order valence-corrected chi connectivity index (χ2v) is 7.74. The fourth-order valence-electron chi connectivity index (χ4n) is 2.59. The largest absolute Gasteiger partial charge is 0.370 e. The zero-order chi connectivity index (χ0) is 15.8. The Bertz CT molecular complexity index is 583. The van der Waals surface area contributed by atoms with E-state index in [-0.39, 0.29) is 29.7 Å². The van der Waals surface area contributed by atoms with E-state index in [1.165, 1.54) is 12.8 Å². The average molecular weight is 451 g/mol. The first kappa shape index (κ1) is 20.2. The molecule has 1 aromatic carbocycles. The van der Waals surface area contributed by atoms with Crippen LogP contribution in [-0.4, -0.2) is 44.7 Å². The summed E-state index contributed by atoms with van der Waals surface area (Å²) in [5.41, 5.74) is 6.01. The Morgan fingerprint density at radius 2 is 1.70 bits per heavy atom. The van der Waals surface area contributed by atoms with Crippen LogP contribution in [0.25, 0.3) is 0 Å². The molecule has 0 atom stereocenters. The van der Waals surface area contributed by atoms with E-state index in [1.807, 2.05) is 6.07 Å². The zero-order valence-corrected chi connectivity index (χ0v) is 16.5. The van der Waals surface area contributed by atoms with E-state index >= 15 is 0 Å². The summed E-state index contributed by atoms with van der Waals surface area (Å²) in [6, 6.07) is 8.55. The van der Waals surface area contributed by atoms with E-state index in [4.69, 9.17) is 5.73 Å². The zero-order valence-electron chi connectivity index (χ0n) is 13.4. The lowest BCUT2D eigenvalue weighted by molar-refractivity contribution is 0.428. The highest BCUT2D eigenvalue weighted by Crippen LogP contribution is 2.11. The van der Waals surface area contributed by atoms with Crippen LogP contribution in [0.15, 0.2) is 40.2 Å². The number of likely N-dealkylation sites (tertiary alicyclic amines) is 1. The van der Waals surface area contributed by atoms with E-state index in [1.54, 1.807) is 24.3 Å². The van der Waals surface area contributed by atoms with Crippen LogP contribution >= 0.6 is 24.0 Å². The van der Waals surface area contributed by atoms with Crippen molar-refractivity contribution >= 4 is 39.8 Å². The number of aliphatic imine (C=N–C) groups is 1. The van der Waals surface area contributed by atoms with E-state index in [0.29, 0.717) is 23.8 Å². The first-order valence-corrected chi connectivity index (χ1v) is 9.57. The van der Waals surface area contributed by atoms with E-state index in [0.717, 1.165) is 25.9 Å². The molecule has 1 aliphatic rings. The van der Waals surface area contributed by atoms with Crippen LogP contribution in [0, 0.1) is 0 Å². The summed E-state index contributed by atoms with van der Waals surface area (Å²) in [6.45, 7) is 2.36. The molecule has 1 fully saturated rings. The number of hydrogen-bond donors (Lipinski definition) is 1. The molecule has 2 N–H and O–H groups in total. The Balaban J connectivity index is 0.00000264. The van der Waals surface area contributed by atoms with Crippen molar-refractivity contribution in [2.75, 3.05) is 25.4 Å². The second-order valence-electron chi connectivity index (χ2n) is 5.63. The number of nitrogens with zero attached hydrogens (tertiary/aromatic N) is 2. The van der Waals surface area contributed by atoms with Gasteiger partial charge in [-0.3, -0.25) is 4.99 Å². The fourth-order valence-corrected chi connectivity index (χ4v) is 3.91. The van der Waals surface area contributed by atoms with Gasteiger partial charge in [-0.05, 0) is 31.4 Å². The normalized spacial score (nSPS) is 16.5. The molecule has 0 aliphatic carbocycles. The summed E-state index contributed by atoms with van der Waals surface area (Å²) in [4.78, 5) is 6.83. The van der Waals surface area contributed by atoms with Crippen molar-refractivity contribution in [3.8, 4) is 0 Å². The van der Waals surface area contributed by atoms with Gasteiger partial charge in [0.1, 0.15) is 0 Å². The predicted molar refractivity (Wildman–Crippen MR) is 105 cm³/mol. The summed E-state index contributed by atoms with van der Waals surface area (Å²) in [6.07, 6.45) is 5.29. The van der Waals surface area contributed by atoms with Gasteiger partial charge in [0.2, 0.25) is 0 Å². The second kappa shape index (κ2) is 10.1. The van der Waals surface area contributed by atoms with Gasteiger partial charge in [0.05, 0.1) is 10.6 Å². The number of nitrogens with two attached hydrogens (primary N) is 1. The summed E-state index contributed by atoms with van der Waals surface area (Å²) in [7, 11) is -3.21. The molecule has 2 rings (SSSR count). The third kappa shape index (κ3) is 6.66. The molecule has 0 aromatic heterocycles. The topological polar surface area (TPSA) is 75.8 Å². The number of sulfone groups is 1. The Kier molecular flexibility index (Phi) is 8.90. The Morgan fingerprint density at radius 3 is 2.30 bits per heavy atom. The molecule has 0 radical (unpaired) electrons. The molecule has 130 valence electrons. The van der Waals surface area contributed by atoms with Crippen molar-refractivity contribution in [2.24, 2.45) is 10.7 Å². The van der Waals surface area contributed by atoms with Gasteiger partial charge in [-0.15, -0.1) is 24.0 Å². The van der Waals surface area contributed by atoms with Crippen LogP contribution < -0.4 is 5.73 Å². The Morgan fingerprint density at radius 1 is 1.09 bits per heavy atom. The molecule has 1 heterocycles. The third-order valence-electron chi connectivity index (χ3n) is 3.88. The van der Waals surface area contributed by atoms with E-state index in [2.05, 4.69) is 9.89 Å². The van der Waals surface area contributed by atoms with Crippen LogP contribution in [0.2, 0.25) is 0 Å². The minimum Gasteiger partial charge on any atom is -0.370 e. The van der Waals surface area contributed by atoms with Crippen molar-refractivity contribution in [2.45, 2.75) is 37.0 Å². The van der Waals surface area contributed by atoms with Crippen LogP contribution in [-0.2, 0) is 9.84 Å². The molecular weight excluding hydrogens is 425 g/mol. The quantitative estimate of drug-likeness (QED) is 0.323. The van der Waals surface area contributed by atoms with Crippen LogP contribution in [0.5, 0.6) is 0 Å². The SMILES string of the molecule is I.NC(=NCCCS(=O)(=O)c1ccccc1)N1CCCCCC1. The highest BCUT2D eigenvalue weighted by molar-refractivity contribution is 14.0. The van der Waals surface area contributed by atoms with Gasteiger partial charge in [-0.25, -0.2) is 8.42 Å². The molecule has 0 spiro atoms. The van der Waals surface area contributed by atoms with Crippen molar-refractivity contribution in [1.82, 2.24) is 4.90 Å². The van der Waals surface area contributed by atoms with Gasteiger partial charge in [0, 0.05) is 19.6 Å². The van der Waals surface area contributed by atoms with Crippen molar-refractivity contribution in [3.63, 3.8) is 0 Å². The lowest BCUT2D eigenvalue weighted by Crippen LogP contribution is -2.38. The van der Waals surface area contributed by atoms with Crippen LogP contribution in [0.1, 0.15) is 32.1 Å². The minimum atomic E-state index is -3.21. The number of halogens is 1. The average Bonchev–Trinajstić information content (AvgIpc) is 2.81. The summed E-state index contributed by atoms with van der Waals surface area (Å²) < 4.78 is 24.3. The number of rotatable bonds is 5. The van der Waals surface area contributed by atoms with Gasteiger partial charge >= 0.3 is 0 Å². The van der Waals surface area contributed by atoms with Crippen molar-refractivity contribution in [1.29, 1.82) is 0 Å². The van der Waals surface area contributed by atoms with Crippen LogP contribution in [0.3, 0.4) is 0 Å². The summed E-state index contributed by atoms with van der Waals surface area (Å²) >= 11 is 0. The molecule has 7 heteroatoms. The first-order valence-electron chi connectivity index (χ1n) is 7.92. The molecule has 1 aliphatic heterocycles. The van der Waals surface area contributed by atoms with Gasteiger partial charge in [0.15, 0.2) is 15.8 Å². The van der Waals surface area contributed by atoms with Crippen LogP contribution in [0.4, 0.5) is 0 Å². The Hall–Kier alpha value is -0.830. The molecule has 5 nitrogen and oxygen atoms in total. The van der Waals surface area contributed by atoms with Gasteiger partial charge in [-0.1, -0.05) is 31.0 Å². The van der Waals surface area contributed by atoms with E-state index < -0.39 is 9.84 Å². The molecular formula is C16H26IN3O2S. The molecule has 1 saturated heterocycles. The maximum absolute atomic E-state index is 12.1. The fraction of sp³-hybridized carbons (Fsp3) is 0.562. The van der Waals surface area contributed by atoms with E-state index in [9.17, 15) is 8.42 Å². The summed E-state index contributed by atoms with van der Waals surface area (Å²) in [5.74, 6) is 0.660. The van der Waals surface area contributed by atoms with Gasteiger partial charge < -0.3 is 10.6 Å². The minimum absolute atomic E-state index is 0. The number of guanidine groups is 1. The first-order chi connectivity index (χ1) is 10.6. The third-order valence-corrected chi connectivity index (χ3v) is 5.69. The lowest BCUT2D eigenvalue weighted by atomic mass is 10.2. The predicted octanol–water partition coefficient (Wildman–Crippen LogP) is 2.66. The molecule has 0 saturated carbocycles. The smallest absolute Gasteiger partial charge is 0.191 e. The molecule has 0 bridgehead atoms. The molecule has 0 amide bonds.